The van der Waals surface area contributed by atoms with Crippen molar-refractivity contribution in [1.82, 2.24) is 4.57 Å². The predicted octanol–water partition coefficient (Wildman–Crippen LogP) is 4.39. The van der Waals surface area contributed by atoms with Gasteiger partial charge in [-0.1, -0.05) is 11.6 Å². The van der Waals surface area contributed by atoms with Crippen molar-refractivity contribution >= 4 is 10.9 Å². The molecule has 1 heterocycles. The van der Waals surface area contributed by atoms with Crippen molar-refractivity contribution in [2.24, 2.45) is 0 Å². The van der Waals surface area contributed by atoms with E-state index in [0.29, 0.717) is 5.56 Å². The highest BCUT2D eigenvalue weighted by molar-refractivity contribution is 5.82. The Balaban J connectivity index is 2.22. The third kappa shape index (κ3) is 1.70. The van der Waals surface area contributed by atoms with Gasteiger partial charge in [0, 0.05) is 17.3 Å². The zero-order chi connectivity index (χ0) is 12.7. The second-order valence-electron chi connectivity index (χ2n) is 4.68. The summed E-state index contributed by atoms with van der Waals surface area (Å²) in [4.78, 5) is 0. The third-order valence-electron chi connectivity index (χ3n) is 3.27. The van der Waals surface area contributed by atoms with Crippen LogP contribution in [0.25, 0.3) is 16.6 Å². The molecule has 0 saturated carbocycles. The molecule has 0 radical (unpaired) electrons. The van der Waals surface area contributed by atoms with Gasteiger partial charge in [-0.05, 0) is 55.8 Å². The lowest BCUT2D eigenvalue weighted by atomic mass is 10.2. The Kier molecular flexibility index (Phi) is 2.44. The quantitative estimate of drug-likeness (QED) is 0.593. The molecule has 0 fully saturated rings. The van der Waals surface area contributed by atoms with Crippen LogP contribution in [0.4, 0.5) is 4.39 Å². The smallest absolute Gasteiger partial charge is 0.126 e. The van der Waals surface area contributed by atoms with E-state index in [1.807, 2.05) is 18.3 Å². The Morgan fingerprint density at radius 1 is 0.944 bits per heavy atom. The van der Waals surface area contributed by atoms with Crippen molar-refractivity contribution in [2.45, 2.75) is 13.8 Å². The average molecular weight is 239 g/mol. The Labute approximate surface area is 105 Å². The van der Waals surface area contributed by atoms with Crippen molar-refractivity contribution in [3.8, 4) is 5.69 Å². The zero-order valence-corrected chi connectivity index (χ0v) is 10.4. The zero-order valence-electron chi connectivity index (χ0n) is 10.4. The fourth-order valence-electron chi connectivity index (χ4n) is 2.27. The van der Waals surface area contributed by atoms with E-state index < -0.39 is 0 Å². The van der Waals surface area contributed by atoms with E-state index in [1.165, 1.54) is 17.0 Å². The number of aryl methyl sites for hydroxylation is 2. The molecule has 0 bridgehead atoms. The molecule has 3 aromatic rings. The summed E-state index contributed by atoms with van der Waals surface area (Å²) in [7, 11) is 0. The molecule has 18 heavy (non-hydrogen) atoms. The molecule has 0 unspecified atom stereocenters. The summed E-state index contributed by atoms with van der Waals surface area (Å²) in [6.07, 6.45) is 2.02. The molecule has 0 aliphatic carbocycles. The standard InChI is InChI=1S/C16H14FN/c1-11-3-6-16-13(9-11)7-8-18(16)14-4-5-15(17)12(2)10-14/h3-10H,1-2H3. The highest BCUT2D eigenvalue weighted by Crippen LogP contribution is 2.22. The molecule has 0 N–H and O–H groups in total. The molecule has 0 atom stereocenters. The van der Waals surface area contributed by atoms with E-state index in [0.717, 1.165) is 11.2 Å². The summed E-state index contributed by atoms with van der Waals surface area (Å²) >= 11 is 0. The Bertz CT molecular complexity index is 725. The number of rotatable bonds is 1. The molecule has 2 heteroatoms. The number of nitrogens with zero attached hydrogens (tertiary/aromatic N) is 1. The van der Waals surface area contributed by atoms with Gasteiger partial charge in [-0.25, -0.2) is 4.39 Å². The third-order valence-corrected chi connectivity index (χ3v) is 3.27. The van der Waals surface area contributed by atoms with E-state index in [1.54, 1.807) is 6.92 Å². The molecule has 3 rings (SSSR count). The van der Waals surface area contributed by atoms with Crippen LogP contribution < -0.4 is 0 Å². The number of hydrogen-bond acceptors (Lipinski definition) is 0. The van der Waals surface area contributed by atoms with E-state index in [9.17, 15) is 4.39 Å². The minimum absolute atomic E-state index is 0.161. The van der Waals surface area contributed by atoms with Gasteiger partial charge >= 0.3 is 0 Å². The van der Waals surface area contributed by atoms with Crippen LogP contribution in [-0.4, -0.2) is 4.57 Å². The summed E-state index contributed by atoms with van der Waals surface area (Å²) in [5, 5.41) is 1.21. The minimum atomic E-state index is -0.161. The number of fused-ring (bicyclic) bond motifs is 1. The normalized spacial score (nSPS) is 11.1. The van der Waals surface area contributed by atoms with Gasteiger partial charge in [0.15, 0.2) is 0 Å². The van der Waals surface area contributed by atoms with Crippen molar-refractivity contribution in [1.29, 1.82) is 0 Å². The summed E-state index contributed by atoms with van der Waals surface area (Å²) < 4.78 is 15.4. The lowest BCUT2D eigenvalue weighted by Crippen LogP contribution is -1.93. The number of benzene rings is 2. The first-order valence-electron chi connectivity index (χ1n) is 5.99. The summed E-state index contributed by atoms with van der Waals surface area (Å²) in [5.74, 6) is -0.161. The minimum Gasteiger partial charge on any atom is -0.317 e. The molecule has 1 nitrogen and oxygen atoms in total. The van der Waals surface area contributed by atoms with Gasteiger partial charge in [-0.15, -0.1) is 0 Å². The SMILES string of the molecule is Cc1ccc2c(ccn2-c2ccc(F)c(C)c2)c1. The molecule has 0 aliphatic heterocycles. The molecule has 2 aromatic carbocycles. The number of hydrogen-bond donors (Lipinski definition) is 0. The molecule has 0 aliphatic rings. The fraction of sp³-hybridized carbons (Fsp3) is 0.125. The van der Waals surface area contributed by atoms with Gasteiger partial charge in [-0.2, -0.15) is 0 Å². The van der Waals surface area contributed by atoms with Crippen LogP contribution in [0.15, 0.2) is 48.7 Å². The van der Waals surface area contributed by atoms with Crippen LogP contribution in [0.1, 0.15) is 11.1 Å². The predicted molar refractivity (Wildman–Crippen MR) is 72.7 cm³/mol. The van der Waals surface area contributed by atoms with Crippen LogP contribution in [0.3, 0.4) is 0 Å². The lowest BCUT2D eigenvalue weighted by Gasteiger charge is -2.07. The van der Waals surface area contributed by atoms with E-state index in [-0.39, 0.29) is 5.82 Å². The molecule has 1 aromatic heterocycles. The average Bonchev–Trinajstić information content (AvgIpc) is 2.75. The van der Waals surface area contributed by atoms with Crippen molar-refractivity contribution < 1.29 is 4.39 Å². The molecule has 0 saturated heterocycles. The van der Waals surface area contributed by atoms with Gasteiger partial charge in [0.2, 0.25) is 0 Å². The lowest BCUT2D eigenvalue weighted by molar-refractivity contribution is 0.618. The Morgan fingerprint density at radius 3 is 2.56 bits per heavy atom. The van der Waals surface area contributed by atoms with Gasteiger partial charge in [-0.3, -0.25) is 0 Å². The summed E-state index contributed by atoms with van der Waals surface area (Å²) in [6, 6.07) is 13.6. The monoisotopic (exact) mass is 239 g/mol. The van der Waals surface area contributed by atoms with Crippen LogP contribution >= 0.6 is 0 Å². The first-order valence-corrected chi connectivity index (χ1v) is 5.99. The van der Waals surface area contributed by atoms with Gasteiger partial charge in [0.1, 0.15) is 5.82 Å². The van der Waals surface area contributed by atoms with Crippen LogP contribution in [0.2, 0.25) is 0 Å². The first kappa shape index (κ1) is 11.0. The van der Waals surface area contributed by atoms with E-state index >= 15 is 0 Å². The van der Waals surface area contributed by atoms with Crippen molar-refractivity contribution in [2.75, 3.05) is 0 Å². The Hall–Kier alpha value is -2.09. The number of aromatic nitrogens is 1. The number of halogens is 1. The molecule has 90 valence electrons. The van der Waals surface area contributed by atoms with Crippen molar-refractivity contribution in [3.63, 3.8) is 0 Å². The van der Waals surface area contributed by atoms with Crippen LogP contribution in [0.5, 0.6) is 0 Å². The van der Waals surface area contributed by atoms with Crippen LogP contribution in [0, 0.1) is 19.7 Å². The second kappa shape index (κ2) is 3.98. The first-order chi connectivity index (χ1) is 8.65. The molecular weight excluding hydrogens is 225 g/mol. The maximum atomic E-state index is 13.3. The molecule has 0 spiro atoms. The highest BCUT2D eigenvalue weighted by atomic mass is 19.1. The summed E-state index contributed by atoms with van der Waals surface area (Å²) in [6.45, 7) is 3.87. The van der Waals surface area contributed by atoms with Crippen molar-refractivity contribution in [3.05, 3.63) is 65.6 Å². The van der Waals surface area contributed by atoms with Gasteiger partial charge in [0.05, 0.1) is 5.52 Å². The van der Waals surface area contributed by atoms with E-state index in [2.05, 4.69) is 35.8 Å². The van der Waals surface area contributed by atoms with Gasteiger partial charge in [0.25, 0.3) is 0 Å². The molecule has 0 amide bonds. The molecular formula is C16H14FN. The second-order valence-corrected chi connectivity index (χ2v) is 4.68. The topological polar surface area (TPSA) is 4.93 Å². The summed E-state index contributed by atoms with van der Waals surface area (Å²) in [5.41, 5.74) is 4.05. The largest absolute Gasteiger partial charge is 0.317 e. The highest BCUT2D eigenvalue weighted by Gasteiger charge is 2.05. The van der Waals surface area contributed by atoms with E-state index in [4.69, 9.17) is 0 Å². The fourth-order valence-corrected chi connectivity index (χ4v) is 2.27. The van der Waals surface area contributed by atoms with Crippen LogP contribution in [-0.2, 0) is 0 Å². The Morgan fingerprint density at radius 2 is 1.78 bits per heavy atom. The maximum Gasteiger partial charge on any atom is 0.126 e. The van der Waals surface area contributed by atoms with Gasteiger partial charge < -0.3 is 4.57 Å². The maximum absolute atomic E-state index is 13.3.